The number of carbonyl (C=O) groups is 2. The molecule has 0 radical (unpaired) electrons. The number of nitrogens with one attached hydrogen (secondary N) is 1. The monoisotopic (exact) mass is 461 g/mol. The van der Waals surface area contributed by atoms with Gasteiger partial charge in [-0.25, -0.2) is 0 Å². The molecular weight excluding hydrogens is 441 g/mol. The Labute approximate surface area is 190 Å². The zero-order chi connectivity index (χ0) is 21.8. The molecule has 3 atom stereocenters. The van der Waals surface area contributed by atoms with Gasteiger partial charge in [0.25, 0.3) is 0 Å². The number of ketones is 1. The number of anilines is 1. The van der Waals surface area contributed by atoms with Crippen molar-refractivity contribution in [1.82, 2.24) is 0 Å². The van der Waals surface area contributed by atoms with Gasteiger partial charge in [-0.3, -0.25) is 9.59 Å². The molecule has 1 N–H and O–H groups in total. The molecule has 1 saturated carbocycles. The van der Waals surface area contributed by atoms with Crippen molar-refractivity contribution in [3.8, 4) is 5.75 Å². The molecule has 2 aromatic carbocycles. The number of hydrogen-bond donors (Lipinski definition) is 1. The van der Waals surface area contributed by atoms with E-state index in [0.717, 1.165) is 0 Å². The van der Waals surface area contributed by atoms with Crippen molar-refractivity contribution < 1.29 is 23.8 Å². The predicted molar refractivity (Wildman–Crippen MR) is 117 cm³/mol. The molecule has 0 spiro atoms. The van der Waals surface area contributed by atoms with Gasteiger partial charge in [-0.1, -0.05) is 35.3 Å². The van der Waals surface area contributed by atoms with Crippen LogP contribution in [0.1, 0.15) is 19.3 Å². The number of allylic oxidation sites excluding steroid dienone is 1. The highest BCUT2D eigenvalue weighted by molar-refractivity contribution is 6.32. The van der Waals surface area contributed by atoms with E-state index in [-0.39, 0.29) is 42.2 Å². The third-order valence-electron chi connectivity index (χ3n) is 5.31. The van der Waals surface area contributed by atoms with Gasteiger partial charge in [-0.2, -0.15) is 0 Å². The van der Waals surface area contributed by atoms with Gasteiger partial charge in [-0.15, -0.1) is 0 Å². The number of fused-ring (bicyclic) bond motifs is 1. The number of Topliss-reactive ketones (excluding diaryl/α,β-unsaturated/α-hetero) is 1. The van der Waals surface area contributed by atoms with Crippen molar-refractivity contribution >= 4 is 40.6 Å². The van der Waals surface area contributed by atoms with E-state index in [9.17, 15) is 9.59 Å². The second kappa shape index (κ2) is 9.73. The molecule has 0 aromatic heterocycles. The minimum absolute atomic E-state index is 0.0741. The van der Waals surface area contributed by atoms with E-state index in [1.807, 2.05) is 0 Å². The summed E-state index contributed by atoms with van der Waals surface area (Å²) in [5, 5.41) is 3.78. The molecule has 8 heteroatoms. The highest BCUT2D eigenvalue weighted by Gasteiger charge is 2.41. The summed E-state index contributed by atoms with van der Waals surface area (Å²) in [6.45, 7) is -0.0741. The molecule has 1 fully saturated rings. The Morgan fingerprint density at radius 3 is 2.65 bits per heavy atom. The average Bonchev–Trinajstić information content (AvgIpc) is 2.77. The maximum absolute atomic E-state index is 12.8. The van der Waals surface area contributed by atoms with Crippen LogP contribution in [0.2, 0.25) is 10.0 Å². The van der Waals surface area contributed by atoms with Crippen molar-refractivity contribution in [1.29, 1.82) is 0 Å². The van der Waals surface area contributed by atoms with Crippen LogP contribution in [0.5, 0.6) is 5.75 Å². The summed E-state index contributed by atoms with van der Waals surface area (Å²) in [7, 11) is 0. The molecule has 31 heavy (non-hydrogen) atoms. The molecule has 1 heterocycles. The standard InChI is InChI=1S/C23H21Cl2NO5/c24-14-5-7-15(8-6-14)26-22(27)13-29-16-9-10-17-20(11-16)30-12-21(23(17)28)31-19-4-2-1-3-18(19)25/h1-8,12,16-17,20H,9-11,13H2,(H,26,27). The summed E-state index contributed by atoms with van der Waals surface area (Å²) in [4.78, 5) is 25.0. The van der Waals surface area contributed by atoms with Crippen LogP contribution in [-0.4, -0.2) is 30.5 Å². The maximum Gasteiger partial charge on any atom is 0.250 e. The molecule has 162 valence electrons. The van der Waals surface area contributed by atoms with Gasteiger partial charge in [0.1, 0.15) is 24.7 Å². The molecule has 0 saturated heterocycles. The van der Waals surface area contributed by atoms with Crippen molar-refractivity contribution in [2.75, 3.05) is 11.9 Å². The summed E-state index contributed by atoms with van der Waals surface area (Å²) in [5.41, 5.74) is 0.652. The summed E-state index contributed by atoms with van der Waals surface area (Å²) >= 11 is 11.9. The smallest absolute Gasteiger partial charge is 0.250 e. The highest BCUT2D eigenvalue weighted by Crippen LogP contribution is 2.36. The first kappa shape index (κ1) is 21.7. The lowest BCUT2D eigenvalue weighted by molar-refractivity contribution is -0.136. The van der Waals surface area contributed by atoms with Crippen LogP contribution in [0, 0.1) is 5.92 Å². The van der Waals surface area contributed by atoms with Gasteiger partial charge in [0, 0.05) is 17.1 Å². The lowest BCUT2D eigenvalue weighted by Gasteiger charge is -2.37. The van der Waals surface area contributed by atoms with Gasteiger partial charge < -0.3 is 19.5 Å². The fourth-order valence-corrected chi connectivity index (χ4v) is 4.03. The lowest BCUT2D eigenvalue weighted by Crippen LogP contribution is -2.43. The number of rotatable bonds is 6. The Hall–Kier alpha value is -2.54. The zero-order valence-corrected chi connectivity index (χ0v) is 18.1. The van der Waals surface area contributed by atoms with Crippen LogP contribution in [-0.2, 0) is 19.1 Å². The van der Waals surface area contributed by atoms with Gasteiger partial charge >= 0.3 is 0 Å². The van der Waals surface area contributed by atoms with E-state index in [1.54, 1.807) is 48.5 Å². The number of para-hydroxylation sites is 1. The molecule has 1 aliphatic heterocycles. The molecular formula is C23H21Cl2NO5. The third-order valence-corrected chi connectivity index (χ3v) is 5.87. The first-order valence-electron chi connectivity index (χ1n) is 9.99. The SMILES string of the molecule is O=C(COC1CCC2C(=O)C(Oc3ccccc3Cl)=COC2C1)Nc1ccc(Cl)cc1. The minimum Gasteiger partial charge on any atom is -0.493 e. The Morgan fingerprint density at radius 1 is 1.10 bits per heavy atom. The quantitative estimate of drug-likeness (QED) is 0.654. The van der Waals surface area contributed by atoms with E-state index in [0.29, 0.717) is 40.7 Å². The van der Waals surface area contributed by atoms with Crippen LogP contribution in [0.15, 0.2) is 60.6 Å². The second-order valence-corrected chi connectivity index (χ2v) is 8.30. The lowest BCUT2D eigenvalue weighted by atomic mass is 9.80. The fourth-order valence-electron chi connectivity index (χ4n) is 3.73. The number of ether oxygens (including phenoxy) is 3. The van der Waals surface area contributed by atoms with Gasteiger partial charge in [-0.05, 0) is 49.2 Å². The molecule has 3 unspecified atom stereocenters. The highest BCUT2D eigenvalue weighted by atomic mass is 35.5. The maximum atomic E-state index is 12.8. The number of hydrogen-bond acceptors (Lipinski definition) is 5. The van der Waals surface area contributed by atoms with E-state index < -0.39 is 0 Å². The van der Waals surface area contributed by atoms with Crippen LogP contribution in [0.3, 0.4) is 0 Å². The van der Waals surface area contributed by atoms with E-state index in [2.05, 4.69) is 5.32 Å². The van der Waals surface area contributed by atoms with Gasteiger partial charge in [0.05, 0.1) is 17.0 Å². The van der Waals surface area contributed by atoms with E-state index >= 15 is 0 Å². The van der Waals surface area contributed by atoms with Crippen LogP contribution in [0.25, 0.3) is 0 Å². The van der Waals surface area contributed by atoms with Crippen molar-refractivity contribution in [2.24, 2.45) is 5.92 Å². The third kappa shape index (κ3) is 5.39. The number of benzene rings is 2. The van der Waals surface area contributed by atoms with Crippen LogP contribution < -0.4 is 10.1 Å². The first-order chi connectivity index (χ1) is 15.0. The van der Waals surface area contributed by atoms with E-state index in [4.69, 9.17) is 37.4 Å². The summed E-state index contributed by atoms with van der Waals surface area (Å²) in [6, 6.07) is 13.8. The van der Waals surface area contributed by atoms with Crippen LogP contribution in [0.4, 0.5) is 5.69 Å². The number of halogens is 2. The molecule has 2 aliphatic rings. The van der Waals surface area contributed by atoms with Crippen molar-refractivity contribution in [2.45, 2.75) is 31.5 Å². The molecule has 4 rings (SSSR count). The summed E-state index contributed by atoms with van der Waals surface area (Å²) in [6.07, 6.45) is 2.66. The molecule has 6 nitrogen and oxygen atoms in total. The normalized spacial score (nSPS) is 22.7. The Bertz CT molecular complexity index is 992. The van der Waals surface area contributed by atoms with Gasteiger partial charge in [0.2, 0.25) is 17.4 Å². The minimum atomic E-state index is -0.302. The predicted octanol–water partition coefficient (Wildman–Crippen LogP) is 5.01. The Balaban J connectivity index is 1.29. The van der Waals surface area contributed by atoms with Crippen molar-refractivity contribution in [3.05, 3.63) is 70.6 Å². The Kier molecular flexibility index (Phi) is 6.80. The largest absolute Gasteiger partial charge is 0.493 e. The van der Waals surface area contributed by atoms with Crippen LogP contribution >= 0.6 is 23.2 Å². The second-order valence-electron chi connectivity index (χ2n) is 7.46. The summed E-state index contributed by atoms with van der Waals surface area (Å²) < 4.78 is 17.2. The summed E-state index contributed by atoms with van der Waals surface area (Å²) in [5.74, 6) is -0.0914. The average molecular weight is 462 g/mol. The molecule has 0 bridgehead atoms. The topological polar surface area (TPSA) is 73.9 Å². The number of carbonyl (C=O) groups excluding carboxylic acids is 2. The van der Waals surface area contributed by atoms with E-state index in [1.165, 1.54) is 6.26 Å². The van der Waals surface area contributed by atoms with Gasteiger partial charge in [0.15, 0.2) is 0 Å². The zero-order valence-electron chi connectivity index (χ0n) is 16.6. The fraction of sp³-hybridized carbons (Fsp3) is 0.304. The molecule has 1 amide bonds. The molecule has 2 aromatic rings. The Morgan fingerprint density at radius 2 is 1.87 bits per heavy atom. The van der Waals surface area contributed by atoms with Crippen molar-refractivity contribution in [3.63, 3.8) is 0 Å². The molecule has 1 aliphatic carbocycles. The number of amides is 1. The first-order valence-corrected chi connectivity index (χ1v) is 10.7.